The maximum absolute atomic E-state index is 13.5. The van der Waals surface area contributed by atoms with Crippen LogP contribution >= 0.6 is 11.6 Å². The summed E-state index contributed by atoms with van der Waals surface area (Å²) in [6.45, 7) is 0. The van der Waals surface area contributed by atoms with Gasteiger partial charge in [-0.3, -0.25) is 0 Å². The van der Waals surface area contributed by atoms with Gasteiger partial charge < -0.3 is 10.8 Å². The van der Waals surface area contributed by atoms with Crippen molar-refractivity contribution < 1.29 is 13.9 Å². The van der Waals surface area contributed by atoms with Gasteiger partial charge in [0, 0.05) is 22.7 Å². The smallest absolute Gasteiger partial charge is 0.162 e. The Morgan fingerprint density at radius 2 is 1.95 bits per heavy atom. The van der Waals surface area contributed by atoms with E-state index in [0.717, 1.165) is 6.07 Å². The summed E-state index contributed by atoms with van der Waals surface area (Å²) in [6, 6.07) is 8.50. The Labute approximate surface area is 114 Å². The Kier molecular flexibility index (Phi) is 4.02. The van der Waals surface area contributed by atoms with Gasteiger partial charge in [-0.25, -0.2) is 8.78 Å². The molecule has 2 nitrogen and oxygen atoms in total. The van der Waals surface area contributed by atoms with Crippen molar-refractivity contribution in [2.24, 2.45) is 0 Å². The van der Waals surface area contributed by atoms with Crippen molar-refractivity contribution in [2.45, 2.75) is 12.5 Å². The lowest BCUT2D eigenvalue weighted by molar-refractivity contribution is 0.177. The first-order valence-corrected chi connectivity index (χ1v) is 6.02. The second-order valence-electron chi connectivity index (χ2n) is 4.21. The molecule has 100 valence electrons. The van der Waals surface area contributed by atoms with Crippen LogP contribution in [0.15, 0.2) is 36.4 Å². The molecular weight excluding hydrogens is 272 g/mol. The lowest BCUT2D eigenvalue weighted by Gasteiger charge is -2.14. The maximum atomic E-state index is 13.5. The Balaban J connectivity index is 2.25. The third-order valence-electron chi connectivity index (χ3n) is 2.85. The molecule has 2 aromatic rings. The normalized spacial score (nSPS) is 12.4. The summed E-state index contributed by atoms with van der Waals surface area (Å²) in [5.41, 5.74) is 6.59. The molecule has 0 heterocycles. The SMILES string of the molecule is Nc1cc(Cl)ccc1C(O)Cc1cccc(F)c1F. The second kappa shape index (κ2) is 5.55. The van der Waals surface area contributed by atoms with E-state index in [-0.39, 0.29) is 12.0 Å². The van der Waals surface area contributed by atoms with Gasteiger partial charge >= 0.3 is 0 Å². The molecule has 0 aliphatic carbocycles. The first-order chi connectivity index (χ1) is 8.99. The van der Waals surface area contributed by atoms with Crippen LogP contribution in [-0.4, -0.2) is 5.11 Å². The summed E-state index contributed by atoms with van der Waals surface area (Å²) in [4.78, 5) is 0. The van der Waals surface area contributed by atoms with E-state index in [4.69, 9.17) is 17.3 Å². The van der Waals surface area contributed by atoms with Crippen LogP contribution in [0.25, 0.3) is 0 Å². The number of halogens is 3. The Bertz CT molecular complexity index is 604. The summed E-state index contributed by atoms with van der Waals surface area (Å²) >= 11 is 5.76. The zero-order chi connectivity index (χ0) is 14.0. The average Bonchev–Trinajstić information content (AvgIpc) is 2.34. The molecule has 0 saturated heterocycles. The number of aliphatic hydroxyl groups is 1. The highest BCUT2D eigenvalue weighted by atomic mass is 35.5. The van der Waals surface area contributed by atoms with Crippen molar-refractivity contribution in [1.82, 2.24) is 0 Å². The summed E-state index contributed by atoms with van der Waals surface area (Å²) in [6.07, 6.45) is -1.08. The highest BCUT2D eigenvalue weighted by molar-refractivity contribution is 6.30. The van der Waals surface area contributed by atoms with E-state index in [2.05, 4.69) is 0 Å². The van der Waals surface area contributed by atoms with Crippen LogP contribution in [0.2, 0.25) is 5.02 Å². The average molecular weight is 284 g/mol. The zero-order valence-electron chi connectivity index (χ0n) is 9.91. The standard InChI is InChI=1S/C14H12ClF2NO/c15-9-4-5-10(12(18)7-9)13(19)6-8-2-1-3-11(16)14(8)17/h1-5,7,13,19H,6,18H2. The first-order valence-electron chi connectivity index (χ1n) is 5.65. The van der Waals surface area contributed by atoms with Crippen molar-refractivity contribution in [2.75, 3.05) is 5.73 Å². The van der Waals surface area contributed by atoms with Crippen LogP contribution < -0.4 is 5.73 Å². The molecule has 0 aromatic heterocycles. The van der Waals surface area contributed by atoms with E-state index in [1.165, 1.54) is 18.2 Å². The van der Waals surface area contributed by atoms with Crippen molar-refractivity contribution in [3.05, 3.63) is 64.2 Å². The van der Waals surface area contributed by atoms with Crippen LogP contribution in [0.5, 0.6) is 0 Å². The summed E-state index contributed by atoms with van der Waals surface area (Å²) in [7, 11) is 0. The fraction of sp³-hybridized carbons (Fsp3) is 0.143. The third-order valence-corrected chi connectivity index (χ3v) is 3.09. The van der Waals surface area contributed by atoms with Gasteiger partial charge in [-0.1, -0.05) is 29.8 Å². The van der Waals surface area contributed by atoms with E-state index in [1.807, 2.05) is 0 Å². The fourth-order valence-electron chi connectivity index (χ4n) is 1.87. The lowest BCUT2D eigenvalue weighted by atomic mass is 9.99. The Morgan fingerprint density at radius 1 is 1.21 bits per heavy atom. The van der Waals surface area contributed by atoms with E-state index in [1.54, 1.807) is 12.1 Å². The van der Waals surface area contributed by atoms with Crippen LogP contribution in [0.3, 0.4) is 0 Å². The van der Waals surface area contributed by atoms with Crippen LogP contribution in [-0.2, 0) is 6.42 Å². The highest BCUT2D eigenvalue weighted by Gasteiger charge is 2.16. The van der Waals surface area contributed by atoms with Gasteiger partial charge in [0.15, 0.2) is 11.6 Å². The van der Waals surface area contributed by atoms with Crippen LogP contribution in [0.4, 0.5) is 14.5 Å². The van der Waals surface area contributed by atoms with Gasteiger partial charge in [0.2, 0.25) is 0 Å². The molecule has 2 aromatic carbocycles. The second-order valence-corrected chi connectivity index (χ2v) is 4.64. The molecular formula is C14H12ClF2NO. The number of rotatable bonds is 3. The van der Waals surface area contributed by atoms with Gasteiger partial charge in [-0.2, -0.15) is 0 Å². The molecule has 5 heteroatoms. The van der Waals surface area contributed by atoms with Gasteiger partial charge in [0.25, 0.3) is 0 Å². The van der Waals surface area contributed by atoms with Gasteiger partial charge in [-0.05, 0) is 23.8 Å². The first kappa shape index (κ1) is 13.8. The number of nitrogens with two attached hydrogens (primary N) is 1. The molecule has 0 bridgehead atoms. The van der Waals surface area contributed by atoms with Gasteiger partial charge in [0.1, 0.15) is 0 Å². The number of nitrogen functional groups attached to an aromatic ring is 1. The van der Waals surface area contributed by atoms with E-state index in [0.29, 0.717) is 16.3 Å². The molecule has 2 rings (SSSR count). The van der Waals surface area contributed by atoms with Gasteiger partial charge in [0.05, 0.1) is 6.10 Å². The predicted octanol–water partition coefficient (Wildman–Crippen LogP) is 3.48. The molecule has 1 atom stereocenters. The molecule has 1 unspecified atom stereocenters. The Morgan fingerprint density at radius 3 is 2.63 bits per heavy atom. The van der Waals surface area contributed by atoms with Crippen LogP contribution in [0, 0.1) is 11.6 Å². The number of aliphatic hydroxyl groups excluding tert-OH is 1. The highest BCUT2D eigenvalue weighted by Crippen LogP contribution is 2.27. The summed E-state index contributed by atoms with van der Waals surface area (Å²) < 4.78 is 26.6. The lowest BCUT2D eigenvalue weighted by Crippen LogP contribution is -2.07. The largest absolute Gasteiger partial charge is 0.398 e. The number of benzene rings is 2. The zero-order valence-corrected chi connectivity index (χ0v) is 10.7. The van der Waals surface area contributed by atoms with E-state index >= 15 is 0 Å². The molecule has 0 aliphatic rings. The molecule has 0 spiro atoms. The predicted molar refractivity (Wildman–Crippen MR) is 70.9 cm³/mol. The topological polar surface area (TPSA) is 46.2 Å². The van der Waals surface area contributed by atoms with Crippen molar-refractivity contribution in [3.63, 3.8) is 0 Å². The van der Waals surface area contributed by atoms with E-state index < -0.39 is 17.7 Å². The number of hydrogen-bond acceptors (Lipinski definition) is 2. The maximum Gasteiger partial charge on any atom is 0.162 e. The quantitative estimate of drug-likeness (QED) is 0.847. The minimum Gasteiger partial charge on any atom is -0.398 e. The molecule has 0 fully saturated rings. The molecule has 0 saturated carbocycles. The summed E-state index contributed by atoms with van der Waals surface area (Å²) in [5.74, 6) is -1.89. The van der Waals surface area contributed by atoms with Crippen molar-refractivity contribution >= 4 is 17.3 Å². The number of anilines is 1. The number of hydrogen-bond donors (Lipinski definition) is 2. The molecule has 0 radical (unpaired) electrons. The van der Waals surface area contributed by atoms with Gasteiger partial charge in [-0.15, -0.1) is 0 Å². The van der Waals surface area contributed by atoms with E-state index in [9.17, 15) is 13.9 Å². The minimum atomic E-state index is -1.02. The fourth-order valence-corrected chi connectivity index (χ4v) is 2.05. The van der Waals surface area contributed by atoms with Crippen molar-refractivity contribution in [1.29, 1.82) is 0 Å². The molecule has 0 amide bonds. The third kappa shape index (κ3) is 3.03. The Hall–Kier alpha value is -1.65. The molecule has 3 N–H and O–H groups in total. The van der Waals surface area contributed by atoms with Crippen molar-refractivity contribution in [3.8, 4) is 0 Å². The monoisotopic (exact) mass is 283 g/mol. The molecule has 19 heavy (non-hydrogen) atoms. The van der Waals surface area contributed by atoms with Crippen LogP contribution in [0.1, 0.15) is 17.2 Å². The summed E-state index contributed by atoms with van der Waals surface area (Å²) in [5, 5.41) is 10.5. The minimum absolute atomic E-state index is 0.0601. The molecule has 0 aliphatic heterocycles.